The topological polar surface area (TPSA) is 87.7 Å². The van der Waals surface area contributed by atoms with Crippen LogP contribution in [0, 0.1) is 0 Å². The molecule has 1 atom stereocenters. The Balaban J connectivity index is 3.02. The number of benzene rings is 1. The van der Waals surface area contributed by atoms with Crippen molar-refractivity contribution in [3.63, 3.8) is 0 Å². The van der Waals surface area contributed by atoms with Gasteiger partial charge in [0.25, 0.3) is 0 Å². The van der Waals surface area contributed by atoms with Gasteiger partial charge in [-0.05, 0) is 52.8 Å². The summed E-state index contributed by atoms with van der Waals surface area (Å²) in [4.78, 5) is 14.5. The van der Waals surface area contributed by atoms with Crippen LogP contribution < -0.4 is 14.8 Å². The van der Waals surface area contributed by atoms with Crippen LogP contribution in [0.5, 0.6) is 5.75 Å². The van der Waals surface area contributed by atoms with Gasteiger partial charge < -0.3 is 15.0 Å². The Labute approximate surface area is 150 Å². The van der Waals surface area contributed by atoms with Gasteiger partial charge in [0.15, 0.2) is 0 Å². The Kier molecular flexibility index (Phi) is 7.10. The average Bonchev–Trinajstić information content (AvgIpc) is 2.44. The molecule has 8 heteroatoms. The second-order valence-electron chi connectivity index (χ2n) is 6.59. The fourth-order valence-corrected chi connectivity index (χ4v) is 3.28. The summed E-state index contributed by atoms with van der Waals surface area (Å²) in [5.74, 6) is 0.388. The lowest BCUT2D eigenvalue weighted by Crippen LogP contribution is -2.48. The number of amides is 1. The number of rotatable bonds is 8. The van der Waals surface area contributed by atoms with Gasteiger partial charge in [-0.25, -0.2) is 8.42 Å². The quantitative estimate of drug-likeness (QED) is 0.733. The first-order valence-electron chi connectivity index (χ1n) is 8.20. The lowest BCUT2D eigenvalue weighted by atomic mass is 10.1. The zero-order valence-corrected chi connectivity index (χ0v) is 16.8. The van der Waals surface area contributed by atoms with Crippen molar-refractivity contribution in [2.75, 3.05) is 23.4 Å². The molecule has 0 aromatic heterocycles. The van der Waals surface area contributed by atoms with Gasteiger partial charge in [0.1, 0.15) is 11.8 Å². The molecule has 0 spiro atoms. The highest BCUT2D eigenvalue weighted by molar-refractivity contribution is 7.92. The smallest absolute Gasteiger partial charge is 0.245 e. The minimum absolute atomic E-state index is 0.0153. The van der Waals surface area contributed by atoms with Crippen molar-refractivity contribution in [1.29, 1.82) is 0 Å². The number of hydrogen-bond acceptors (Lipinski definition) is 5. The van der Waals surface area contributed by atoms with E-state index in [0.717, 1.165) is 6.26 Å². The highest BCUT2D eigenvalue weighted by atomic mass is 32.2. The zero-order valence-electron chi connectivity index (χ0n) is 16.0. The normalized spacial score (nSPS) is 12.8. The summed E-state index contributed by atoms with van der Waals surface area (Å²) >= 11 is 0. The molecule has 0 aliphatic rings. The number of carbonyl (C=O) groups is 1. The average molecular weight is 372 g/mol. The third-order valence-electron chi connectivity index (χ3n) is 3.62. The molecule has 0 aliphatic carbocycles. The zero-order chi connectivity index (χ0) is 19.4. The summed E-state index contributed by atoms with van der Waals surface area (Å²) in [6.45, 7) is 9.70. The van der Waals surface area contributed by atoms with E-state index in [1.165, 1.54) is 7.11 Å². The van der Waals surface area contributed by atoms with Gasteiger partial charge in [-0.3, -0.25) is 9.52 Å². The van der Waals surface area contributed by atoms with Gasteiger partial charge >= 0.3 is 0 Å². The Morgan fingerprint density at radius 3 is 2.12 bits per heavy atom. The maximum atomic E-state index is 12.7. The first kappa shape index (κ1) is 21.1. The fraction of sp³-hybridized carbons (Fsp3) is 0.588. The van der Waals surface area contributed by atoms with Crippen molar-refractivity contribution in [2.45, 2.75) is 52.7 Å². The molecule has 2 N–H and O–H groups in total. The summed E-state index contributed by atoms with van der Waals surface area (Å²) in [6.07, 6.45) is 1.07. The van der Waals surface area contributed by atoms with Crippen molar-refractivity contribution in [1.82, 2.24) is 4.90 Å². The van der Waals surface area contributed by atoms with E-state index in [9.17, 15) is 13.2 Å². The van der Waals surface area contributed by atoms with Crippen LogP contribution in [0.1, 0.15) is 34.6 Å². The third kappa shape index (κ3) is 6.12. The number of carbonyl (C=O) groups excluding carboxylic acids is 1. The molecule has 0 aliphatic heterocycles. The van der Waals surface area contributed by atoms with Crippen LogP contribution in [0.2, 0.25) is 0 Å². The molecule has 1 aromatic carbocycles. The summed E-state index contributed by atoms with van der Waals surface area (Å²) in [5, 5.41) is 3.13. The Morgan fingerprint density at radius 2 is 1.68 bits per heavy atom. The molecule has 0 fully saturated rings. The second-order valence-corrected chi connectivity index (χ2v) is 8.34. The molecular formula is C17H29N3O4S. The predicted octanol–water partition coefficient (Wildman–Crippen LogP) is 2.51. The molecule has 7 nitrogen and oxygen atoms in total. The minimum atomic E-state index is -3.44. The molecule has 0 saturated heterocycles. The molecule has 25 heavy (non-hydrogen) atoms. The maximum absolute atomic E-state index is 12.7. The monoisotopic (exact) mass is 371 g/mol. The summed E-state index contributed by atoms with van der Waals surface area (Å²) in [5.41, 5.74) is 0.944. The second kappa shape index (κ2) is 8.42. The van der Waals surface area contributed by atoms with Crippen LogP contribution in [-0.4, -0.2) is 50.7 Å². The van der Waals surface area contributed by atoms with E-state index < -0.39 is 16.1 Å². The number of anilines is 2. The summed E-state index contributed by atoms with van der Waals surface area (Å²) < 4.78 is 30.6. The minimum Gasteiger partial charge on any atom is -0.495 e. The molecule has 1 rings (SSSR count). The van der Waals surface area contributed by atoms with Crippen molar-refractivity contribution >= 4 is 27.3 Å². The van der Waals surface area contributed by atoms with E-state index >= 15 is 0 Å². The largest absolute Gasteiger partial charge is 0.495 e. The van der Waals surface area contributed by atoms with Gasteiger partial charge in [0.2, 0.25) is 15.9 Å². The third-order valence-corrected chi connectivity index (χ3v) is 4.21. The van der Waals surface area contributed by atoms with E-state index in [-0.39, 0.29) is 18.0 Å². The van der Waals surface area contributed by atoms with Gasteiger partial charge in [-0.2, -0.15) is 0 Å². The van der Waals surface area contributed by atoms with Crippen molar-refractivity contribution in [3.8, 4) is 5.75 Å². The van der Waals surface area contributed by atoms with Gasteiger partial charge in [0, 0.05) is 17.8 Å². The highest BCUT2D eigenvalue weighted by Crippen LogP contribution is 2.29. The van der Waals surface area contributed by atoms with Crippen LogP contribution in [0.15, 0.2) is 18.2 Å². The van der Waals surface area contributed by atoms with Crippen LogP contribution >= 0.6 is 0 Å². The van der Waals surface area contributed by atoms with Crippen LogP contribution in [0.25, 0.3) is 0 Å². The van der Waals surface area contributed by atoms with E-state index in [1.54, 1.807) is 25.1 Å². The predicted molar refractivity (Wildman–Crippen MR) is 102 cm³/mol. The molecule has 1 unspecified atom stereocenters. The first-order valence-corrected chi connectivity index (χ1v) is 10.1. The molecule has 0 heterocycles. The van der Waals surface area contributed by atoms with Crippen LogP contribution in [0.3, 0.4) is 0 Å². The lowest BCUT2D eigenvalue weighted by molar-refractivity contribution is -0.135. The molecule has 0 saturated carbocycles. The Bertz CT molecular complexity index is 694. The van der Waals surface area contributed by atoms with Crippen molar-refractivity contribution in [2.24, 2.45) is 0 Å². The lowest BCUT2D eigenvalue weighted by Gasteiger charge is -2.33. The van der Waals surface area contributed by atoms with Gasteiger partial charge in [0.05, 0.1) is 19.1 Å². The number of nitrogens with zero attached hydrogens (tertiary/aromatic N) is 1. The number of methoxy groups -OCH3 is 1. The Morgan fingerprint density at radius 1 is 1.12 bits per heavy atom. The molecule has 1 aromatic rings. The number of hydrogen-bond donors (Lipinski definition) is 2. The SMILES string of the molecule is COc1ccc(NC(C)C(=O)N(C(C)C)C(C)C)cc1NS(C)(=O)=O. The molecule has 1 amide bonds. The molecular weight excluding hydrogens is 342 g/mol. The van der Waals surface area contributed by atoms with Crippen LogP contribution in [0.4, 0.5) is 11.4 Å². The maximum Gasteiger partial charge on any atom is 0.245 e. The molecule has 142 valence electrons. The van der Waals surface area contributed by atoms with Gasteiger partial charge in [-0.15, -0.1) is 0 Å². The van der Waals surface area contributed by atoms with Crippen LogP contribution in [-0.2, 0) is 14.8 Å². The molecule has 0 bridgehead atoms. The highest BCUT2D eigenvalue weighted by Gasteiger charge is 2.25. The summed E-state index contributed by atoms with van der Waals surface area (Å²) in [7, 11) is -1.98. The standard InChI is InChI=1S/C17H29N3O4S/c1-11(2)20(12(3)4)17(21)13(5)18-14-8-9-16(24-6)15(10-14)19-25(7,22)23/h8-13,18-19H,1-7H3. The number of ether oxygens (including phenoxy) is 1. The summed E-state index contributed by atoms with van der Waals surface area (Å²) in [6, 6.07) is 4.73. The van der Waals surface area contributed by atoms with E-state index in [2.05, 4.69) is 10.0 Å². The first-order chi connectivity index (χ1) is 11.5. The number of nitrogens with one attached hydrogen (secondary N) is 2. The van der Waals surface area contributed by atoms with Crippen molar-refractivity contribution in [3.05, 3.63) is 18.2 Å². The van der Waals surface area contributed by atoms with E-state index in [1.807, 2.05) is 32.6 Å². The fourth-order valence-electron chi connectivity index (χ4n) is 2.72. The van der Waals surface area contributed by atoms with E-state index in [4.69, 9.17) is 4.74 Å². The number of sulfonamides is 1. The van der Waals surface area contributed by atoms with Gasteiger partial charge in [-0.1, -0.05) is 0 Å². The molecule has 0 radical (unpaired) electrons. The van der Waals surface area contributed by atoms with E-state index in [0.29, 0.717) is 17.1 Å². The Hall–Kier alpha value is -1.96. The van der Waals surface area contributed by atoms with Crippen molar-refractivity contribution < 1.29 is 17.9 Å².